The zero-order valence-corrected chi connectivity index (χ0v) is 40.2. The Morgan fingerprint density at radius 2 is 0.945 bits per heavy atom. The van der Waals surface area contributed by atoms with Crippen LogP contribution in [-0.2, 0) is 5.41 Å². The van der Waals surface area contributed by atoms with E-state index in [0.717, 1.165) is 35.6 Å². The zero-order chi connectivity index (χ0) is 48.0. The van der Waals surface area contributed by atoms with Gasteiger partial charge in [0.05, 0.1) is 22.1 Å². The molecule has 0 N–H and O–H groups in total. The van der Waals surface area contributed by atoms with Crippen LogP contribution < -0.4 is 4.90 Å². The highest BCUT2D eigenvalue weighted by atomic mass is 15.1. The summed E-state index contributed by atoms with van der Waals surface area (Å²) in [5.41, 5.74) is 24.9. The van der Waals surface area contributed by atoms with Crippen molar-refractivity contribution in [1.29, 1.82) is 0 Å². The van der Waals surface area contributed by atoms with E-state index in [1.54, 1.807) is 0 Å². The Morgan fingerprint density at radius 1 is 0.370 bits per heavy atom. The number of para-hydroxylation sites is 1. The number of rotatable bonds is 7. The first-order valence-electron chi connectivity index (χ1n) is 25.6. The molecule has 342 valence electrons. The Bertz CT molecular complexity index is 4190. The molecule has 2 heteroatoms. The molecule has 0 fully saturated rings. The largest absolute Gasteiger partial charge is 0.310 e. The topological polar surface area (TPSA) is 8.17 Å². The van der Waals surface area contributed by atoms with Gasteiger partial charge in [-0.1, -0.05) is 200 Å². The van der Waals surface area contributed by atoms with Crippen LogP contribution in [0, 0.1) is 0 Å². The molecule has 0 atom stereocenters. The molecule has 3 aliphatic carbocycles. The normalized spacial score (nSPS) is 13.9. The highest BCUT2D eigenvalue weighted by Gasteiger charge is 2.52. The third-order valence-electron chi connectivity index (χ3n) is 16.1. The van der Waals surface area contributed by atoms with Gasteiger partial charge in [0, 0.05) is 33.2 Å². The fourth-order valence-corrected chi connectivity index (χ4v) is 12.9. The monoisotopic (exact) mass is 928 g/mol. The first-order valence-corrected chi connectivity index (χ1v) is 25.6. The van der Waals surface area contributed by atoms with Crippen molar-refractivity contribution >= 4 is 55.2 Å². The van der Waals surface area contributed by atoms with Crippen molar-refractivity contribution in [2.45, 2.75) is 18.3 Å². The molecule has 0 saturated heterocycles. The van der Waals surface area contributed by atoms with Gasteiger partial charge in [-0.25, -0.2) is 0 Å². The van der Waals surface area contributed by atoms with Crippen LogP contribution >= 0.6 is 0 Å². The highest BCUT2D eigenvalue weighted by molar-refractivity contribution is 6.11. The summed E-state index contributed by atoms with van der Waals surface area (Å²) in [4.78, 5) is 2.49. The van der Waals surface area contributed by atoms with Gasteiger partial charge in [0.2, 0.25) is 0 Å². The average molecular weight is 929 g/mol. The first kappa shape index (κ1) is 41.5. The van der Waals surface area contributed by atoms with Gasteiger partial charge in [-0.2, -0.15) is 0 Å². The molecule has 15 rings (SSSR count). The van der Waals surface area contributed by atoms with Crippen LogP contribution in [0.25, 0.3) is 88.3 Å². The number of aromatic nitrogens is 1. The van der Waals surface area contributed by atoms with Gasteiger partial charge in [0.15, 0.2) is 0 Å². The van der Waals surface area contributed by atoms with E-state index in [1.165, 1.54) is 110 Å². The second kappa shape index (κ2) is 16.4. The van der Waals surface area contributed by atoms with Gasteiger partial charge in [-0.05, 0) is 163 Å². The smallest absolute Gasteiger partial charge is 0.0722 e. The Hall–Kier alpha value is -9.24. The van der Waals surface area contributed by atoms with E-state index < -0.39 is 0 Å². The molecular formula is C71H48N2. The van der Waals surface area contributed by atoms with Crippen LogP contribution in [0.4, 0.5) is 17.1 Å². The van der Waals surface area contributed by atoms with Crippen LogP contribution in [-0.4, -0.2) is 4.57 Å². The maximum absolute atomic E-state index is 2.52. The van der Waals surface area contributed by atoms with Crippen molar-refractivity contribution in [2.24, 2.45) is 0 Å². The Labute approximate surface area is 425 Å². The lowest BCUT2D eigenvalue weighted by Gasteiger charge is -2.33. The lowest BCUT2D eigenvalue weighted by Crippen LogP contribution is -2.27. The molecule has 0 amide bonds. The van der Waals surface area contributed by atoms with E-state index in [1.807, 2.05) is 0 Å². The third kappa shape index (κ3) is 6.30. The molecular weight excluding hydrogens is 881 g/mol. The molecule has 73 heavy (non-hydrogen) atoms. The maximum atomic E-state index is 2.52. The molecule has 0 aliphatic heterocycles. The first-order chi connectivity index (χ1) is 36.2. The van der Waals surface area contributed by atoms with E-state index in [2.05, 4.69) is 276 Å². The van der Waals surface area contributed by atoms with Crippen LogP contribution in [0.3, 0.4) is 0 Å². The summed E-state index contributed by atoms with van der Waals surface area (Å²) in [5.74, 6) is 0. The quantitative estimate of drug-likeness (QED) is 0.155. The molecule has 1 aromatic heterocycles. The molecule has 1 heterocycles. The summed E-state index contributed by atoms with van der Waals surface area (Å²) in [6.45, 7) is 0. The number of benzene rings is 11. The number of hydrogen-bond donors (Lipinski definition) is 0. The van der Waals surface area contributed by atoms with Gasteiger partial charge < -0.3 is 9.47 Å². The minimum Gasteiger partial charge on any atom is -0.310 e. The summed E-state index contributed by atoms with van der Waals surface area (Å²) in [6, 6.07) is 94.6. The lowest BCUT2D eigenvalue weighted by atomic mass is 9.69. The average Bonchev–Trinajstić information content (AvgIpc) is 4.15. The van der Waals surface area contributed by atoms with E-state index in [-0.39, 0.29) is 5.41 Å². The maximum Gasteiger partial charge on any atom is 0.0722 e. The molecule has 0 unspecified atom stereocenters. The SMILES string of the molecule is C1=CC2=C(CC1)c1ccc(N(c3ccc(-c4cccc(-c5ccc6c(c5)c5ccccc5n6-c5ccc(-c6ccccc6)cc5)c4)cc3)c3cccc4ccccc34)cc1C21c2ccccc2-c2ccccc21. The predicted molar refractivity (Wildman–Crippen MR) is 306 cm³/mol. The van der Waals surface area contributed by atoms with E-state index in [0.29, 0.717) is 0 Å². The van der Waals surface area contributed by atoms with Crippen LogP contribution in [0.2, 0.25) is 0 Å². The zero-order valence-electron chi connectivity index (χ0n) is 40.2. The second-order valence-corrected chi connectivity index (χ2v) is 19.9. The van der Waals surface area contributed by atoms with Crippen LogP contribution in [0.1, 0.15) is 35.1 Å². The minimum atomic E-state index is -0.388. The van der Waals surface area contributed by atoms with E-state index in [4.69, 9.17) is 0 Å². The second-order valence-electron chi connectivity index (χ2n) is 19.9. The summed E-state index contributed by atoms with van der Waals surface area (Å²) in [5, 5.41) is 4.93. The molecule has 0 bridgehead atoms. The van der Waals surface area contributed by atoms with Gasteiger partial charge in [-0.15, -0.1) is 0 Å². The fourth-order valence-electron chi connectivity index (χ4n) is 12.9. The molecule has 0 radical (unpaired) electrons. The van der Waals surface area contributed by atoms with Crippen molar-refractivity contribution in [3.63, 3.8) is 0 Å². The van der Waals surface area contributed by atoms with Crippen molar-refractivity contribution < 1.29 is 0 Å². The molecule has 12 aromatic rings. The summed E-state index contributed by atoms with van der Waals surface area (Å²) >= 11 is 0. The van der Waals surface area contributed by atoms with Gasteiger partial charge in [0.25, 0.3) is 0 Å². The van der Waals surface area contributed by atoms with Crippen molar-refractivity contribution in [2.75, 3.05) is 4.90 Å². The molecule has 3 aliphatic rings. The molecule has 11 aromatic carbocycles. The fraction of sp³-hybridized carbons (Fsp3) is 0.0423. The molecule has 2 nitrogen and oxygen atoms in total. The number of allylic oxidation sites excluding steroid dienone is 4. The van der Waals surface area contributed by atoms with E-state index in [9.17, 15) is 0 Å². The van der Waals surface area contributed by atoms with Gasteiger partial charge in [0.1, 0.15) is 0 Å². The molecule has 1 spiro atoms. The summed E-state index contributed by atoms with van der Waals surface area (Å²) in [6.07, 6.45) is 6.94. The summed E-state index contributed by atoms with van der Waals surface area (Å²) in [7, 11) is 0. The lowest BCUT2D eigenvalue weighted by molar-refractivity contribution is 0.780. The highest BCUT2D eigenvalue weighted by Crippen LogP contribution is 2.64. The number of fused-ring (bicyclic) bond motifs is 13. The Balaban J connectivity index is 0.822. The van der Waals surface area contributed by atoms with Crippen molar-refractivity contribution in [1.82, 2.24) is 4.57 Å². The number of hydrogen-bond acceptors (Lipinski definition) is 1. The van der Waals surface area contributed by atoms with E-state index >= 15 is 0 Å². The third-order valence-corrected chi connectivity index (χ3v) is 16.1. The predicted octanol–water partition coefficient (Wildman–Crippen LogP) is 18.8. The number of nitrogens with zero attached hydrogens (tertiary/aromatic N) is 2. The minimum absolute atomic E-state index is 0.388. The Morgan fingerprint density at radius 3 is 1.75 bits per heavy atom. The van der Waals surface area contributed by atoms with Gasteiger partial charge in [-0.3, -0.25) is 0 Å². The standard InChI is InChI=1S/C71H48N2/c1-2-16-47(17-3-1)48-32-39-55(40-33-48)73-69-30-13-9-26-62(69)63-45-53(36-43-70(63)73)52-21-14-20-51(44-52)49-34-37-54(38-35-49)72(68-31-15-19-50-18-4-5-22-57(50)68)56-41-42-61-60-25-8-12-29-66(60)71(67(61)46-56)64-27-10-6-23-58(64)59-24-7-11-28-65(59)71/h1-7,9-24,26-46H,8,25H2. The van der Waals surface area contributed by atoms with Gasteiger partial charge >= 0.3 is 0 Å². The number of anilines is 3. The van der Waals surface area contributed by atoms with Crippen LogP contribution in [0.15, 0.2) is 273 Å². The summed E-state index contributed by atoms with van der Waals surface area (Å²) < 4.78 is 2.40. The Kier molecular flexibility index (Phi) is 9.34. The van der Waals surface area contributed by atoms with Crippen LogP contribution in [0.5, 0.6) is 0 Å². The van der Waals surface area contributed by atoms with Crippen molar-refractivity contribution in [3.8, 4) is 50.2 Å². The molecule has 0 saturated carbocycles. The van der Waals surface area contributed by atoms with Crippen molar-refractivity contribution in [3.05, 3.63) is 295 Å².